The van der Waals surface area contributed by atoms with Gasteiger partial charge in [0.25, 0.3) is 0 Å². The topological polar surface area (TPSA) is 20.3 Å². The first-order valence-corrected chi connectivity index (χ1v) is 7.75. The van der Waals surface area contributed by atoms with E-state index in [0.717, 1.165) is 16.8 Å². The van der Waals surface area contributed by atoms with E-state index in [2.05, 4.69) is 46.9 Å². The van der Waals surface area contributed by atoms with Crippen molar-refractivity contribution in [2.45, 2.75) is 19.5 Å². The Kier molecular flexibility index (Phi) is 5.66. The zero-order chi connectivity index (χ0) is 12.1. The van der Waals surface area contributed by atoms with Crippen LogP contribution in [-0.4, -0.2) is 34.2 Å². The van der Waals surface area contributed by atoms with Gasteiger partial charge in [0, 0.05) is 39.9 Å². The Morgan fingerprint density at radius 2 is 2.19 bits per heavy atom. The van der Waals surface area contributed by atoms with Crippen molar-refractivity contribution in [3.8, 4) is 0 Å². The standard InChI is InChI=1S/C12H18BrNOS/c1-10(9-16(3)15)14(2)8-11-5-4-6-12(13)7-11/h4-7,10H,8-9H2,1-3H3/t10-,16+/m1/s1. The average molecular weight is 304 g/mol. The minimum atomic E-state index is -0.730. The highest BCUT2D eigenvalue weighted by atomic mass is 79.9. The van der Waals surface area contributed by atoms with Crippen LogP contribution in [0.5, 0.6) is 0 Å². The van der Waals surface area contributed by atoms with Crippen LogP contribution in [-0.2, 0) is 17.3 Å². The zero-order valence-electron chi connectivity index (χ0n) is 9.94. The fourth-order valence-electron chi connectivity index (χ4n) is 1.55. The third-order valence-electron chi connectivity index (χ3n) is 2.55. The van der Waals surface area contributed by atoms with Crippen molar-refractivity contribution in [2.75, 3.05) is 19.1 Å². The third kappa shape index (κ3) is 4.76. The summed E-state index contributed by atoms with van der Waals surface area (Å²) in [7, 11) is 1.34. The van der Waals surface area contributed by atoms with E-state index in [9.17, 15) is 4.21 Å². The molecular formula is C12H18BrNOS. The van der Waals surface area contributed by atoms with Gasteiger partial charge >= 0.3 is 0 Å². The Balaban J connectivity index is 2.56. The van der Waals surface area contributed by atoms with E-state index in [-0.39, 0.29) is 0 Å². The minimum absolute atomic E-state index is 0.338. The molecule has 0 aliphatic rings. The van der Waals surface area contributed by atoms with Gasteiger partial charge in [0.05, 0.1) is 0 Å². The molecule has 0 fully saturated rings. The summed E-state index contributed by atoms with van der Waals surface area (Å²) in [5.41, 5.74) is 1.27. The molecule has 0 N–H and O–H groups in total. The number of nitrogens with zero attached hydrogens (tertiary/aromatic N) is 1. The lowest BCUT2D eigenvalue weighted by Gasteiger charge is -2.23. The highest BCUT2D eigenvalue weighted by Crippen LogP contribution is 2.14. The molecule has 2 atom stereocenters. The number of halogens is 1. The monoisotopic (exact) mass is 303 g/mol. The highest BCUT2D eigenvalue weighted by molar-refractivity contribution is 9.10. The van der Waals surface area contributed by atoms with Gasteiger partial charge in [-0.05, 0) is 31.7 Å². The zero-order valence-corrected chi connectivity index (χ0v) is 12.3. The molecule has 16 heavy (non-hydrogen) atoms. The van der Waals surface area contributed by atoms with Crippen LogP contribution in [0.1, 0.15) is 12.5 Å². The second-order valence-corrected chi connectivity index (χ2v) is 6.53. The Bertz CT molecular complexity index is 370. The van der Waals surface area contributed by atoms with Crippen molar-refractivity contribution in [1.82, 2.24) is 4.90 Å². The van der Waals surface area contributed by atoms with Crippen LogP contribution in [0.25, 0.3) is 0 Å². The van der Waals surface area contributed by atoms with Crippen LogP contribution in [0, 0.1) is 0 Å². The summed E-state index contributed by atoms with van der Waals surface area (Å²) in [4.78, 5) is 2.23. The first-order chi connectivity index (χ1) is 7.49. The summed E-state index contributed by atoms with van der Waals surface area (Å²) in [6, 6.07) is 8.62. The first-order valence-electron chi connectivity index (χ1n) is 5.23. The van der Waals surface area contributed by atoms with Crippen molar-refractivity contribution < 1.29 is 4.21 Å². The van der Waals surface area contributed by atoms with Crippen LogP contribution < -0.4 is 0 Å². The number of hydrogen-bond donors (Lipinski definition) is 0. The maximum absolute atomic E-state index is 11.1. The van der Waals surface area contributed by atoms with Gasteiger partial charge in [-0.15, -0.1) is 0 Å². The molecule has 1 aromatic rings. The third-order valence-corrected chi connectivity index (χ3v) is 3.99. The lowest BCUT2D eigenvalue weighted by Crippen LogP contribution is -2.32. The van der Waals surface area contributed by atoms with Gasteiger partial charge in [-0.25, -0.2) is 0 Å². The van der Waals surface area contributed by atoms with Crippen molar-refractivity contribution in [3.63, 3.8) is 0 Å². The lowest BCUT2D eigenvalue weighted by atomic mass is 10.2. The molecule has 0 saturated carbocycles. The molecule has 1 aromatic carbocycles. The van der Waals surface area contributed by atoms with Crippen LogP contribution in [0.4, 0.5) is 0 Å². The Morgan fingerprint density at radius 1 is 1.50 bits per heavy atom. The number of benzene rings is 1. The summed E-state index contributed by atoms with van der Waals surface area (Å²) >= 11 is 3.46. The van der Waals surface area contributed by atoms with E-state index in [1.54, 1.807) is 6.26 Å². The van der Waals surface area contributed by atoms with Crippen LogP contribution in [0.15, 0.2) is 28.7 Å². The predicted octanol–water partition coefficient (Wildman–Crippen LogP) is 2.65. The highest BCUT2D eigenvalue weighted by Gasteiger charge is 2.11. The van der Waals surface area contributed by atoms with Crippen molar-refractivity contribution in [2.24, 2.45) is 0 Å². The summed E-state index contributed by atoms with van der Waals surface area (Å²) in [6.45, 7) is 3.00. The van der Waals surface area contributed by atoms with Gasteiger partial charge in [0.15, 0.2) is 0 Å². The van der Waals surface area contributed by atoms with Gasteiger partial charge in [0.2, 0.25) is 0 Å². The fourth-order valence-corrected chi connectivity index (χ4v) is 2.93. The summed E-state index contributed by atoms with van der Waals surface area (Å²) in [6.07, 6.45) is 1.75. The quantitative estimate of drug-likeness (QED) is 0.833. The van der Waals surface area contributed by atoms with Gasteiger partial charge in [-0.2, -0.15) is 0 Å². The van der Waals surface area contributed by atoms with Gasteiger partial charge in [-0.1, -0.05) is 28.1 Å². The number of hydrogen-bond acceptors (Lipinski definition) is 2. The fraction of sp³-hybridized carbons (Fsp3) is 0.500. The molecular weight excluding hydrogens is 286 g/mol. The maximum Gasteiger partial charge on any atom is 0.0385 e. The lowest BCUT2D eigenvalue weighted by molar-refractivity contribution is 0.268. The van der Waals surface area contributed by atoms with E-state index < -0.39 is 10.8 Å². The minimum Gasteiger partial charge on any atom is -0.299 e. The smallest absolute Gasteiger partial charge is 0.0385 e. The summed E-state index contributed by atoms with van der Waals surface area (Å²) in [5.74, 6) is 0.727. The average Bonchev–Trinajstić information content (AvgIpc) is 2.16. The van der Waals surface area contributed by atoms with Crippen LogP contribution in [0.2, 0.25) is 0 Å². The first kappa shape index (κ1) is 13.9. The molecule has 0 unspecified atom stereocenters. The molecule has 0 aliphatic heterocycles. The van der Waals surface area contributed by atoms with E-state index in [0.29, 0.717) is 6.04 Å². The maximum atomic E-state index is 11.1. The second-order valence-electron chi connectivity index (χ2n) is 4.13. The molecule has 4 heteroatoms. The van der Waals surface area contributed by atoms with Gasteiger partial charge in [0.1, 0.15) is 0 Å². The summed E-state index contributed by atoms with van der Waals surface area (Å²) in [5, 5.41) is 0. The Hall–Kier alpha value is -0.190. The van der Waals surface area contributed by atoms with E-state index in [1.165, 1.54) is 5.56 Å². The van der Waals surface area contributed by atoms with Gasteiger partial charge in [-0.3, -0.25) is 9.11 Å². The van der Waals surface area contributed by atoms with Crippen LogP contribution >= 0.6 is 15.9 Å². The SMILES string of the molecule is C[C@H](C[S@](C)=O)N(C)Cc1cccc(Br)c1. The number of rotatable bonds is 5. The molecule has 1 rings (SSSR count). The molecule has 0 bridgehead atoms. The molecule has 90 valence electrons. The van der Waals surface area contributed by atoms with E-state index in [4.69, 9.17) is 0 Å². The molecule has 0 aromatic heterocycles. The predicted molar refractivity (Wildman–Crippen MR) is 74.0 cm³/mol. The van der Waals surface area contributed by atoms with Crippen molar-refractivity contribution in [1.29, 1.82) is 0 Å². The van der Waals surface area contributed by atoms with E-state index >= 15 is 0 Å². The van der Waals surface area contributed by atoms with Crippen molar-refractivity contribution in [3.05, 3.63) is 34.3 Å². The van der Waals surface area contributed by atoms with Crippen molar-refractivity contribution >= 4 is 26.7 Å². The Labute approximate surface area is 109 Å². The van der Waals surface area contributed by atoms with Crippen LogP contribution in [0.3, 0.4) is 0 Å². The van der Waals surface area contributed by atoms with E-state index in [1.807, 2.05) is 12.1 Å². The molecule has 0 aliphatic carbocycles. The molecule has 0 saturated heterocycles. The van der Waals surface area contributed by atoms with Gasteiger partial charge < -0.3 is 0 Å². The molecule has 2 nitrogen and oxygen atoms in total. The second kappa shape index (κ2) is 6.52. The Morgan fingerprint density at radius 3 is 2.75 bits per heavy atom. The molecule has 0 amide bonds. The molecule has 0 spiro atoms. The normalized spacial score (nSPS) is 15.1. The summed E-state index contributed by atoms with van der Waals surface area (Å²) < 4.78 is 12.2. The largest absolute Gasteiger partial charge is 0.299 e. The molecule has 0 heterocycles. The molecule has 0 radical (unpaired) electrons.